The number of anilines is 1. The molecule has 150 valence electrons. The zero-order chi connectivity index (χ0) is 20.3. The van der Waals surface area contributed by atoms with Gasteiger partial charge in [-0.05, 0) is 41.4 Å². The fraction of sp³-hybridized carbons (Fsp3) is 0.500. The summed E-state index contributed by atoms with van der Waals surface area (Å²) in [5.74, 6) is 0.702. The topological polar surface area (TPSA) is 58.1 Å². The van der Waals surface area contributed by atoms with E-state index in [0.717, 1.165) is 30.2 Å². The minimum atomic E-state index is -0.297. The highest BCUT2D eigenvalue weighted by molar-refractivity contribution is 6.30. The van der Waals surface area contributed by atoms with Crippen molar-refractivity contribution in [3.05, 3.63) is 53.6 Å². The van der Waals surface area contributed by atoms with Crippen molar-refractivity contribution in [3.8, 4) is 0 Å². The van der Waals surface area contributed by atoms with E-state index in [-0.39, 0.29) is 23.3 Å². The molecule has 1 aliphatic heterocycles. The highest BCUT2D eigenvalue weighted by atomic mass is 35.5. The Morgan fingerprint density at radius 2 is 1.86 bits per heavy atom. The number of benzene rings is 1. The lowest BCUT2D eigenvalue weighted by molar-refractivity contribution is -0.136. The second-order valence-corrected chi connectivity index (χ2v) is 9.07. The number of hydrogen-bond donors (Lipinski definition) is 1. The number of amides is 1. The molecule has 1 saturated heterocycles. The van der Waals surface area contributed by atoms with Crippen LogP contribution in [0.15, 0.2) is 43.0 Å². The van der Waals surface area contributed by atoms with Crippen LogP contribution in [0.2, 0.25) is 5.02 Å². The highest BCUT2D eigenvalue weighted by Crippen LogP contribution is 2.42. The highest BCUT2D eigenvalue weighted by Gasteiger charge is 2.40. The molecular formula is C22H29ClN4O. The molecule has 0 bridgehead atoms. The third-order valence-corrected chi connectivity index (χ3v) is 5.88. The van der Waals surface area contributed by atoms with E-state index in [1.807, 2.05) is 17.0 Å². The zero-order valence-corrected chi connectivity index (χ0v) is 17.8. The summed E-state index contributed by atoms with van der Waals surface area (Å²) >= 11 is 6.05. The number of piperidine rings is 1. The molecule has 6 heteroatoms. The number of nitrogens with one attached hydrogen (secondary N) is 1. The van der Waals surface area contributed by atoms with Gasteiger partial charge >= 0.3 is 0 Å². The van der Waals surface area contributed by atoms with Gasteiger partial charge in [-0.1, -0.05) is 51.4 Å². The SMILES string of the molecule is CC(C)[C@@H](Nc1cncnc1)C(=O)N1CCC(c2ccc(Cl)cc2)C(C)(C)C1. The van der Waals surface area contributed by atoms with Gasteiger partial charge in [-0.25, -0.2) is 9.97 Å². The molecule has 2 heterocycles. The van der Waals surface area contributed by atoms with Crippen molar-refractivity contribution < 1.29 is 4.79 Å². The Labute approximate surface area is 172 Å². The Morgan fingerprint density at radius 3 is 2.43 bits per heavy atom. The van der Waals surface area contributed by atoms with Gasteiger partial charge in [0.1, 0.15) is 12.4 Å². The molecule has 1 unspecified atom stereocenters. The Kier molecular flexibility index (Phi) is 6.23. The largest absolute Gasteiger partial charge is 0.371 e. The molecule has 2 atom stereocenters. The first-order valence-corrected chi connectivity index (χ1v) is 10.2. The predicted molar refractivity (Wildman–Crippen MR) is 113 cm³/mol. The number of aromatic nitrogens is 2. The maximum absolute atomic E-state index is 13.3. The molecule has 0 aliphatic carbocycles. The molecule has 0 radical (unpaired) electrons. The quantitative estimate of drug-likeness (QED) is 0.796. The summed E-state index contributed by atoms with van der Waals surface area (Å²) in [5.41, 5.74) is 2.05. The van der Waals surface area contributed by atoms with Gasteiger partial charge in [0.05, 0.1) is 18.1 Å². The van der Waals surface area contributed by atoms with Crippen LogP contribution in [-0.4, -0.2) is 39.9 Å². The van der Waals surface area contributed by atoms with Gasteiger partial charge in [-0.2, -0.15) is 0 Å². The van der Waals surface area contributed by atoms with Crippen molar-refractivity contribution in [2.24, 2.45) is 11.3 Å². The predicted octanol–water partition coefficient (Wildman–Crippen LogP) is 4.61. The van der Waals surface area contributed by atoms with Crippen molar-refractivity contribution in [1.82, 2.24) is 14.9 Å². The van der Waals surface area contributed by atoms with E-state index in [1.165, 1.54) is 11.9 Å². The second kappa shape index (κ2) is 8.48. The molecular weight excluding hydrogens is 372 g/mol. The smallest absolute Gasteiger partial charge is 0.245 e. The van der Waals surface area contributed by atoms with Gasteiger partial charge in [-0.15, -0.1) is 0 Å². The first kappa shape index (κ1) is 20.6. The van der Waals surface area contributed by atoms with Crippen molar-refractivity contribution in [2.45, 2.75) is 46.1 Å². The summed E-state index contributed by atoms with van der Waals surface area (Å²) in [5, 5.41) is 4.08. The monoisotopic (exact) mass is 400 g/mol. The Bertz CT molecular complexity index is 792. The van der Waals surface area contributed by atoms with Crippen molar-refractivity contribution in [1.29, 1.82) is 0 Å². The molecule has 1 amide bonds. The fourth-order valence-corrected chi connectivity index (χ4v) is 4.25. The lowest BCUT2D eigenvalue weighted by Gasteiger charge is -2.46. The lowest BCUT2D eigenvalue weighted by atomic mass is 9.70. The van der Waals surface area contributed by atoms with Crippen LogP contribution in [0.4, 0.5) is 5.69 Å². The van der Waals surface area contributed by atoms with Crippen molar-refractivity contribution in [3.63, 3.8) is 0 Å². The van der Waals surface area contributed by atoms with Crippen LogP contribution in [0.3, 0.4) is 0 Å². The number of halogens is 1. The van der Waals surface area contributed by atoms with Crippen LogP contribution < -0.4 is 5.32 Å². The van der Waals surface area contributed by atoms with Gasteiger partial charge in [0.2, 0.25) is 5.91 Å². The molecule has 2 aromatic rings. The van der Waals surface area contributed by atoms with Crippen LogP contribution in [0.25, 0.3) is 0 Å². The zero-order valence-electron chi connectivity index (χ0n) is 17.0. The molecule has 1 aromatic heterocycles. The molecule has 1 aliphatic rings. The number of carbonyl (C=O) groups is 1. The molecule has 3 rings (SSSR count). The van der Waals surface area contributed by atoms with Crippen LogP contribution in [0, 0.1) is 11.3 Å². The van der Waals surface area contributed by atoms with Crippen molar-refractivity contribution in [2.75, 3.05) is 18.4 Å². The van der Waals surface area contributed by atoms with Gasteiger partial charge in [0, 0.05) is 18.1 Å². The standard InChI is InChI=1S/C22H29ClN4O/c1-15(2)20(26-18-11-24-14-25-12-18)21(28)27-10-9-19(22(3,4)13-27)16-5-7-17(23)8-6-16/h5-8,11-12,14-15,19-20,26H,9-10,13H2,1-4H3/t19?,20-/m1/s1. The summed E-state index contributed by atoms with van der Waals surface area (Å²) in [7, 11) is 0. The maximum atomic E-state index is 13.3. The number of likely N-dealkylation sites (tertiary alicyclic amines) is 1. The minimum Gasteiger partial charge on any atom is -0.371 e. The van der Waals surface area contributed by atoms with E-state index in [1.54, 1.807) is 12.4 Å². The fourth-order valence-electron chi connectivity index (χ4n) is 4.12. The van der Waals surface area contributed by atoms with E-state index in [9.17, 15) is 4.79 Å². The van der Waals surface area contributed by atoms with Crippen LogP contribution in [0.1, 0.15) is 45.6 Å². The summed E-state index contributed by atoms with van der Waals surface area (Å²) < 4.78 is 0. The number of nitrogens with zero attached hydrogens (tertiary/aromatic N) is 3. The summed E-state index contributed by atoms with van der Waals surface area (Å²) in [6.07, 6.45) is 5.83. The summed E-state index contributed by atoms with van der Waals surface area (Å²) in [4.78, 5) is 23.4. The van der Waals surface area contributed by atoms with E-state index in [2.05, 4.69) is 55.1 Å². The van der Waals surface area contributed by atoms with Gasteiger partial charge in [0.15, 0.2) is 0 Å². The van der Waals surface area contributed by atoms with E-state index in [0.29, 0.717) is 5.92 Å². The summed E-state index contributed by atoms with van der Waals surface area (Å²) in [6, 6.07) is 7.82. The van der Waals surface area contributed by atoms with Crippen LogP contribution in [0.5, 0.6) is 0 Å². The van der Waals surface area contributed by atoms with E-state index >= 15 is 0 Å². The Morgan fingerprint density at radius 1 is 1.21 bits per heavy atom. The molecule has 5 nitrogen and oxygen atoms in total. The third kappa shape index (κ3) is 4.64. The van der Waals surface area contributed by atoms with E-state index < -0.39 is 0 Å². The molecule has 1 fully saturated rings. The first-order chi connectivity index (χ1) is 13.3. The third-order valence-electron chi connectivity index (χ3n) is 5.63. The lowest BCUT2D eigenvalue weighted by Crippen LogP contribution is -2.53. The number of rotatable bonds is 5. The van der Waals surface area contributed by atoms with Crippen LogP contribution in [-0.2, 0) is 4.79 Å². The van der Waals surface area contributed by atoms with Gasteiger partial charge < -0.3 is 10.2 Å². The number of carbonyl (C=O) groups excluding carboxylic acids is 1. The first-order valence-electron chi connectivity index (χ1n) is 9.84. The average molecular weight is 401 g/mol. The number of hydrogen-bond acceptors (Lipinski definition) is 4. The Balaban J connectivity index is 1.73. The maximum Gasteiger partial charge on any atom is 0.245 e. The van der Waals surface area contributed by atoms with Gasteiger partial charge in [0.25, 0.3) is 0 Å². The molecule has 0 spiro atoms. The molecule has 0 saturated carbocycles. The molecule has 28 heavy (non-hydrogen) atoms. The summed E-state index contributed by atoms with van der Waals surface area (Å²) in [6.45, 7) is 10.1. The average Bonchev–Trinajstić information content (AvgIpc) is 2.66. The minimum absolute atomic E-state index is 0.0148. The van der Waals surface area contributed by atoms with Crippen molar-refractivity contribution >= 4 is 23.2 Å². The molecule has 1 N–H and O–H groups in total. The van der Waals surface area contributed by atoms with E-state index in [4.69, 9.17) is 11.6 Å². The Hall–Kier alpha value is -2.14. The second-order valence-electron chi connectivity index (χ2n) is 8.63. The van der Waals surface area contributed by atoms with Gasteiger partial charge in [-0.3, -0.25) is 4.79 Å². The normalized spacial score (nSPS) is 20.1. The van der Waals surface area contributed by atoms with Crippen LogP contribution >= 0.6 is 11.6 Å². The molecule has 1 aromatic carbocycles.